The standard InChI is InChI=1S/C11H17NO/c1-6-10-8(3)7(2)9(4)12(5)11(10)13/h6H2,1-5H3. The smallest absolute Gasteiger partial charge is 0.253 e. The van der Waals surface area contributed by atoms with Gasteiger partial charge in [0.1, 0.15) is 0 Å². The quantitative estimate of drug-likeness (QED) is 0.645. The van der Waals surface area contributed by atoms with E-state index < -0.39 is 0 Å². The highest BCUT2D eigenvalue weighted by Gasteiger charge is 2.09. The Balaban J connectivity index is 3.67. The molecule has 1 rings (SSSR count). The number of nitrogens with zero attached hydrogens (tertiary/aromatic N) is 1. The van der Waals surface area contributed by atoms with Gasteiger partial charge in [-0.2, -0.15) is 0 Å². The Morgan fingerprint density at radius 1 is 1.15 bits per heavy atom. The molecule has 0 aromatic carbocycles. The van der Waals surface area contributed by atoms with E-state index in [1.165, 1.54) is 5.56 Å². The Kier molecular flexibility index (Phi) is 2.60. The number of aromatic nitrogens is 1. The lowest BCUT2D eigenvalue weighted by Gasteiger charge is -2.13. The predicted octanol–water partition coefficient (Wildman–Crippen LogP) is 1.87. The van der Waals surface area contributed by atoms with Crippen LogP contribution in [0.15, 0.2) is 4.79 Å². The molecule has 0 spiro atoms. The second kappa shape index (κ2) is 3.36. The first-order chi connectivity index (χ1) is 6.00. The van der Waals surface area contributed by atoms with E-state index in [1.54, 1.807) is 4.57 Å². The van der Waals surface area contributed by atoms with Crippen molar-refractivity contribution >= 4 is 0 Å². The molecule has 72 valence electrons. The first-order valence-corrected chi connectivity index (χ1v) is 4.66. The molecule has 0 saturated heterocycles. The Hall–Kier alpha value is -1.05. The molecular weight excluding hydrogens is 162 g/mol. The lowest BCUT2D eigenvalue weighted by Crippen LogP contribution is -2.25. The molecule has 0 atom stereocenters. The van der Waals surface area contributed by atoms with Gasteiger partial charge in [-0.1, -0.05) is 6.92 Å². The zero-order chi connectivity index (χ0) is 10.2. The van der Waals surface area contributed by atoms with Gasteiger partial charge in [0.05, 0.1) is 0 Å². The molecule has 0 unspecified atom stereocenters. The van der Waals surface area contributed by atoms with E-state index in [9.17, 15) is 4.79 Å². The van der Waals surface area contributed by atoms with Crippen LogP contribution in [-0.2, 0) is 13.5 Å². The maximum Gasteiger partial charge on any atom is 0.253 e. The van der Waals surface area contributed by atoms with Gasteiger partial charge >= 0.3 is 0 Å². The van der Waals surface area contributed by atoms with E-state index in [4.69, 9.17) is 0 Å². The Labute approximate surface area is 79.2 Å². The van der Waals surface area contributed by atoms with Gasteiger partial charge in [-0.3, -0.25) is 4.79 Å². The highest BCUT2D eigenvalue weighted by Crippen LogP contribution is 2.13. The molecule has 1 heterocycles. The van der Waals surface area contributed by atoms with E-state index in [0.29, 0.717) is 0 Å². The molecule has 2 nitrogen and oxygen atoms in total. The van der Waals surface area contributed by atoms with E-state index >= 15 is 0 Å². The van der Waals surface area contributed by atoms with Crippen LogP contribution >= 0.6 is 0 Å². The topological polar surface area (TPSA) is 22.0 Å². The minimum Gasteiger partial charge on any atom is -0.315 e. The van der Waals surface area contributed by atoms with Crippen molar-refractivity contribution in [3.05, 3.63) is 32.7 Å². The number of hydrogen-bond donors (Lipinski definition) is 0. The summed E-state index contributed by atoms with van der Waals surface area (Å²) < 4.78 is 1.74. The SMILES string of the molecule is CCc1c(C)c(C)c(C)n(C)c1=O. The van der Waals surface area contributed by atoms with Gasteiger partial charge in [0.2, 0.25) is 0 Å². The second-order valence-corrected chi connectivity index (χ2v) is 3.53. The van der Waals surface area contributed by atoms with E-state index in [1.807, 2.05) is 27.8 Å². The largest absolute Gasteiger partial charge is 0.315 e. The summed E-state index contributed by atoms with van der Waals surface area (Å²) in [4.78, 5) is 11.8. The van der Waals surface area contributed by atoms with Crippen molar-refractivity contribution in [2.45, 2.75) is 34.1 Å². The molecule has 0 amide bonds. The molecule has 2 heteroatoms. The molecule has 0 aliphatic carbocycles. The van der Waals surface area contributed by atoms with Crippen molar-refractivity contribution in [3.63, 3.8) is 0 Å². The average Bonchev–Trinajstić information content (AvgIpc) is 2.13. The Bertz CT molecular complexity index is 388. The van der Waals surface area contributed by atoms with Crippen LogP contribution in [0.5, 0.6) is 0 Å². The molecular formula is C11H17NO. The summed E-state index contributed by atoms with van der Waals surface area (Å²) in [5, 5.41) is 0. The first kappa shape index (κ1) is 10.0. The molecule has 0 saturated carbocycles. The minimum atomic E-state index is 0.156. The average molecular weight is 179 g/mol. The summed E-state index contributed by atoms with van der Waals surface area (Å²) in [7, 11) is 1.84. The van der Waals surface area contributed by atoms with Crippen LogP contribution < -0.4 is 5.56 Å². The van der Waals surface area contributed by atoms with Gasteiger partial charge < -0.3 is 4.57 Å². The molecule has 13 heavy (non-hydrogen) atoms. The second-order valence-electron chi connectivity index (χ2n) is 3.53. The Morgan fingerprint density at radius 2 is 1.69 bits per heavy atom. The molecule has 0 aliphatic rings. The molecule has 1 aromatic rings. The van der Waals surface area contributed by atoms with E-state index in [-0.39, 0.29) is 5.56 Å². The summed E-state index contributed by atoms with van der Waals surface area (Å²) >= 11 is 0. The highest BCUT2D eigenvalue weighted by atomic mass is 16.1. The maximum absolute atomic E-state index is 11.8. The monoisotopic (exact) mass is 179 g/mol. The van der Waals surface area contributed by atoms with Gasteiger partial charge in [0.25, 0.3) is 5.56 Å². The lowest BCUT2D eigenvalue weighted by molar-refractivity contribution is 0.781. The van der Waals surface area contributed by atoms with Crippen LogP contribution in [0.1, 0.15) is 29.3 Å². The minimum absolute atomic E-state index is 0.156. The van der Waals surface area contributed by atoms with Crippen LogP contribution in [0, 0.1) is 20.8 Å². The third-order valence-corrected chi connectivity index (χ3v) is 2.98. The summed E-state index contributed by atoms with van der Waals surface area (Å²) in [6.45, 7) is 8.12. The van der Waals surface area contributed by atoms with Gasteiger partial charge in [-0.05, 0) is 38.3 Å². The molecule has 0 aliphatic heterocycles. The zero-order valence-corrected chi connectivity index (χ0v) is 9.06. The number of pyridine rings is 1. The van der Waals surface area contributed by atoms with Crippen molar-refractivity contribution < 1.29 is 0 Å². The third-order valence-electron chi connectivity index (χ3n) is 2.98. The summed E-state index contributed by atoms with van der Waals surface area (Å²) in [5.74, 6) is 0. The van der Waals surface area contributed by atoms with Crippen molar-refractivity contribution in [1.82, 2.24) is 4.57 Å². The predicted molar refractivity (Wildman–Crippen MR) is 55.3 cm³/mol. The summed E-state index contributed by atoms with van der Waals surface area (Å²) in [6.07, 6.45) is 0.819. The number of hydrogen-bond acceptors (Lipinski definition) is 1. The van der Waals surface area contributed by atoms with Crippen LogP contribution in [0.3, 0.4) is 0 Å². The normalized spacial score (nSPS) is 10.5. The fraction of sp³-hybridized carbons (Fsp3) is 0.545. The fourth-order valence-corrected chi connectivity index (χ4v) is 1.68. The summed E-state index contributed by atoms with van der Waals surface area (Å²) in [6, 6.07) is 0. The van der Waals surface area contributed by atoms with Gasteiger partial charge in [-0.25, -0.2) is 0 Å². The Morgan fingerprint density at radius 3 is 2.15 bits per heavy atom. The molecule has 0 fully saturated rings. The van der Waals surface area contributed by atoms with Gasteiger partial charge in [0.15, 0.2) is 0 Å². The highest BCUT2D eigenvalue weighted by molar-refractivity contribution is 5.34. The van der Waals surface area contributed by atoms with Crippen LogP contribution in [-0.4, -0.2) is 4.57 Å². The molecule has 0 bridgehead atoms. The first-order valence-electron chi connectivity index (χ1n) is 4.66. The molecule has 0 radical (unpaired) electrons. The van der Waals surface area contributed by atoms with Crippen molar-refractivity contribution in [2.24, 2.45) is 7.05 Å². The van der Waals surface area contributed by atoms with E-state index in [0.717, 1.165) is 23.2 Å². The lowest BCUT2D eigenvalue weighted by atomic mass is 10.0. The van der Waals surface area contributed by atoms with Crippen LogP contribution in [0.2, 0.25) is 0 Å². The van der Waals surface area contributed by atoms with Crippen LogP contribution in [0.4, 0.5) is 0 Å². The van der Waals surface area contributed by atoms with Gasteiger partial charge in [-0.15, -0.1) is 0 Å². The number of rotatable bonds is 1. The molecule has 0 N–H and O–H groups in total. The van der Waals surface area contributed by atoms with Crippen molar-refractivity contribution in [3.8, 4) is 0 Å². The van der Waals surface area contributed by atoms with Crippen molar-refractivity contribution in [2.75, 3.05) is 0 Å². The molecule has 1 aromatic heterocycles. The zero-order valence-electron chi connectivity index (χ0n) is 9.06. The fourth-order valence-electron chi connectivity index (χ4n) is 1.68. The van der Waals surface area contributed by atoms with Gasteiger partial charge in [0, 0.05) is 18.3 Å². The summed E-state index contributed by atoms with van der Waals surface area (Å²) in [5.41, 5.74) is 4.57. The maximum atomic E-state index is 11.8. The van der Waals surface area contributed by atoms with Crippen LogP contribution in [0.25, 0.3) is 0 Å². The van der Waals surface area contributed by atoms with E-state index in [2.05, 4.69) is 6.92 Å². The third kappa shape index (κ3) is 1.41. The van der Waals surface area contributed by atoms with Crippen molar-refractivity contribution in [1.29, 1.82) is 0 Å².